The van der Waals surface area contributed by atoms with Crippen LogP contribution in [0.25, 0.3) is 0 Å². The molecule has 0 aromatic heterocycles. The predicted octanol–water partition coefficient (Wildman–Crippen LogP) is 2.65. The number of benzene rings is 1. The molecule has 0 unspecified atom stereocenters. The Morgan fingerprint density at radius 2 is 1.94 bits per heavy atom. The van der Waals surface area contributed by atoms with Crippen molar-refractivity contribution >= 4 is 0 Å². The Labute approximate surface area is 110 Å². The lowest BCUT2D eigenvalue weighted by Gasteiger charge is -2.40. The van der Waals surface area contributed by atoms with Gasteiger partial charge < -0.3 is 5.32 Å². The zero-order valence-electron chi connectivity index (χ0n) is 11.1. The fourth-order valence-corrected chi connectivity index (χ4v) is 3.60. The molecule has 1 N–H and O–H groups in total. The summed E-state index contributed by atoms with van der Waals surface area (Å²) in [5.74, 6) is 0.928. The second kappa shape index (κ2) is 5.85. The molecule has 0 saturated carbocycles. The van der Waals surface area contributed by atoms with Crippen LogP contribution in [0.1, 0.15) is 31.2 Å². The molecule has 2 aliphatic heterocycles. The van der Waals surface area contributed by atoms with E-state index in [0.29, 0.717) is 0 Å². The number of rotatable bonds is 2. The van der Waals surface area contributed by atoms with Crippen LogP contribution < -0.4 is 5.32 Å². The summed E-state index contributed by atoms with van der Waals surface area (Å²) in [6, 6.07) is 11.7. The molecule has 0 radical (unpaired) electrons. The molecular weight excluding hydrogens is 220 g/mol. The third kappa shape index (κ3) is 2.76. The highest BCUT2D eigenvalue weighted by molar-refractivity contribution is 5.14. The second-order valence-corrected chi connectivity index (χ2v) is 5.77. The number of hydrogen-bond donors (Lipinski definition) is 1. The Hall–Kier alpha value is -0.860. The molecule has 2 heteroatoms. The van der Waals surface area contributed by atoms with Gasteiger partial charge in [-0.1, -0.05) is 30.3 Å². The normalized spacial score (nSPS) is 29.6. The Morgan fingerprint density at radius 3 is 2.83 bits per heavy atom. The topological polar surface area (TPSA) is 15.3 Å². The molecule has 1 aromatic carbocycles. The van der Waals surface area contributed by atoms with Crippen LogP contribution in [0.5, 0.6) is 0 Å². The van der Waals surface area contributed by atoms with Gasteiger partial charge in [0.1, 0.15) is 0 Å². The van der Waals surface area contributed by atoms with Gasteiger partial charge in [-0.05, 0) is 50.3 Å². The minimum atomic E-state index is 0.765. The lowest BCUT2D eigenvalue weighted by molar-refractivity contribution is 0.0873. The maximum atomic E-state index is 3.62. The van der Waals surface area contributed by atoms with Crippen molar-refractivity contribution in [2.45, 2.75) is 38.3 Å². The summed E-state index contributed by atoms with van der Waals surface area (Å²) in [5.41, 5.74) is 1.46. The first-order chi connectivity index (χ1) is 8.93. The molecule has 0 bridgehead atoms. The van der Waals surface area contributed by atoms with Gasteiger partial charge in [0.05, 0.1) is 0 Å². The van der Waals surface area contributed by atoms with E-state index in [-0.39, 0.29) is 0 Å². The molecular formula is C16H24N2. The highest BCUT2D eigenvalue weighted by Crippen LogP contribution is 2.29. The molecule has 0 aliphatic carbocycles. The Bertz CT molecular complexity index is 363. The highest BCUT2D eigenvalue weighted by atomic mass is 15.2. The number of nitrogens with one attached hydrogen (secondary N) is 1. The second-order valence-electron chi connectivity index (χ2n) is 5.77. The Morgan fingerprint density at radius 1 is 1.11 bits per heavy atom. The van der Waals surface area contributed by atoms with Gasteiger partial charge in [-0.2, -0.15) is 0 Å². The molecule has 3 rings (SSSR count). The Balaban J connectivity index is 1.70. The summed E-state index contributed by atoms with van der Waals surface area (Å²) in [7, 11) is 0. The molecule has 0 amide bonds. The summed E-state index contributed by atoms with van der Waals surface area (Å²) in [4.78, 5) is 2.71. The van der Waals surface area contributed by atoms with Gasteiger partial charge in [0.25, 0.3) is 0 Å². The van der Waals surface area contributed by atoms with Gasteiger partial charge in [-0.25, -0.2) is 0 Å². The van der Waals surface area contributed by atoms with Crippen molar-refractivity contribution in [3.8, 4) is 0 Å². The first-order valence-electron chi connectivity index (χ1n) is 7.42. The Kier molecular flexibility index (Phi) is 3.96. The average molecular weight is 244 g/mol. The summed E-state index contributed by atoms with van der Waals surface area (Å²) < 4.78 is 0. The molecule has 2 aliphatic rings. The van der Waals surface area contributed by atoms with Crippen LogP contribution in [-0.2, 0) is 6.54 Å². The molecule has 2 atom stereocenters. The minimum absolute atomic E-state index is 0.765. The van der Waals surface area contributed by atoms with Crippen LogP contribution in [0.2, 0.25) is 0 Å². The van der Waals surface area contributed by atoms with Crippen LogP contribution >= 0.6 is 0 Å². The molecule has 2 fully saturated rings. The number of hydrogen-bond acceptors (Lipinski definition) is 2. The van der Waals surface area contributed by atoms with Gasteiger partial charge in [-0.3, -0.25) is 4.90 Å². The van der Waals surface area contributed by atoms with Crippen molar-refractivity contribution in [3.63, 3.8) is 0 Å². The average Bonchev–Trinajstić information content (AvgIpc) is 2.66. The smallest absolute Gasteiger partial charge is 0.0252 e. The van der Waals surface area contributed by atoms with Gasteiger partial charge >= 0.3 is 0 Å². The van der Waals surface area contributed by atoms with E-state index in [9.17, 15) is 0 Å². The molecule has 98 valence electrons. The lowest BCUT2D eigenvalue weighted by atomic mass is 9.86. The molecule has 0 spiro atoms. The van der Waals surface area contributed by atoms with E-state index in [1.54, 1.807) is 0 Å². The number of fused-ring (bicyclic) bond motifs is 1. The zero-order valence-corrected chi connectivity index (χ0v) is 11.1. The van der Waals surface area contributed by atoms with Crippen molar-refractivity contribution in [2.24, 2.45) is 5.92 Å². The van der Waals surface area contributed by atoms with Gasteiger partial charge in [0.15, 0.2) is 0 Å². The molecule has 2 nitrogen and oxygen atoms in total. The number of piperidine rings is 1. The van der Waals surface area contributed by atoms with Crippen molar-refractivity contribution in [2.75, 3.05) is 19.6 Å². The van der Waals surface area contributed by atoms with E-state index in [1.165, 1.54) is 50.9 Å². The molecule has 2 heterocycles. The van der Waals surface area contributed by atoms with Crippen molar-refractivity contribution in [3.05, 3.63) is 35.9 Å². The molecule has 2 saturated heterocycles. The first-order valence-corrected chi connectivity index (χ1v) is 7.42. The molecule has 1 aromatic rings. The van der Waals surface area contributed by atoms with E-state index in [4.69, 9.17) is 0 Å². The maximum Gasteiger partial charge on any atom is 0.0252 e. The summed E-state index contributed by atoms with van der Waals surface area (Å²) in [5, 5.41) is 3.62. The lowest BCUT2D eigenvalue weighted by Crippen LogP contribution is -2.48. The van der Waals surface area contributed by atoms with E-state index in [0.717, 1.165) is 18.5 Å². The van der Waals surface area contributed by atoms with Crippen LogP contribution in [0.15, 0.2) is 30.3 Å². The third-order valence-electron chi connectivity index (χ3n) is 4.54. The fraction of sp³-hybridized carbons (Fsp3) is 0.625. The van der Waals surface area contributed by atoms with Crippen molar-refractivity contribution < 1.29 is 0 Å². The van der Waals surface area contributed by atoms with E-state index < -0.39 is 0 Å². The maximum absolute atomic E-state index is 3.62. The number of likely N-dealkylation sites (tertiary alicyclic amines) is 1. The zero-order chi connectivity index (χ0) is 12.2. The monoisotopic (exact) mass is 244 g/mol. The van der Waals surface area contributed by atoms with Crippen LogP contribution in [0.3, 0.4) is 0 Å². The molecule has 18 heavy (non-hydrogen) atoms. The first kappa shape index (κ1) is 12.2. The van der Waals surface area contributed by atoms with Gasteiger partial charge in [0.2, 0.25) is 0 Å². The van der Waals surface area contributed by atoms with Crippen LogP contribution in [0, 0.1) is 5.92 Å². The van der Waals surface area contributed by atoms with Gasteiger partial charge in [-0.15, -0.1) is 0 Å². The predicted molar refractivity (Wildman–Crippen MR) is 75.5 cm³/mol. The largest absolute Gasteiger partial charge is 0.315 e. The standard InChI is InChI=1S/C16H24N2/c1-2-6-14(7-3-1)13-18-11-5-9-15-8-4-10-17-12-16(15)18/h1-3,6-7,15-17H,4-5,8-13H2/t15-,16+/m0/s1. The summed E-state index contributed by atoms with van der Waals surface area (Å²) in [6.07, 6.45) is 5.61. The fourth-order valence-electron chi connectivity index (χ4n) is 3.60. The van der Waals surface area contributed by atoms with Crippen molar-refractivity contribution in [1.29, 1.82) is 0 Å². The SMILES string of the molecule is c1ccc(CN2CCC[C@@H]3CCCNC[C@H]32)cc1. The summed E-state index contributed by atoms with van der Waals surface area (Å²) in [6.45, 7) is 4.81. The van der Waals surface area contributed by atoms with E-state index in [2.05, 4.69) is 40.5 Å². The highest BCUT2D eigenvalue weighted by Gasteiger charge is 2.31. The van der Waals surface area contributed by atoms with Gasteiger partial charge in [0, 0.05) is 19.1 Å². The van der Waals surface area contributed by atoms with E-state index in [1.807, 2.05) is 0 Å². The minimum Gasteiger partial charge on any atom is -0.315 e. The summed E-state index contributed by atoms with van der Waals surface area (Å²) >= 11 is 0. The van der Waals surface area contributed by atoms with Crippen LogP contribution in [0.4, 0.5) is 0 Å². The number of nitrogens with zero attached hydrogens (tertiary/aromatic N) is 1. The van der Waals surface area contributed by atoms with Crippen molar-refractivity contribution in [1.82, 2.24) is 10.2 Å². The van der Waals surface area contributed by atoms with E-state index >= 15 is 0 Å². The third-order valence-corrected chi connectivity index (χ3v) is 4.54. The quantitative estimate of drug-likeness (QED) is 0.860. The van der Waals surface area contributed by atoms with Crippen LogP contribution in [-0.4, -0.2) is 30.6 Å².